The highest BCUT2D eigenvalue weighted by molar-refractivity contribution is 5.89. The Morgan fingerprint density at radius 1 is 1.10 bits per heavy atom. The number of hydrogen-bond acceptors (Lipinski definition) is 1. The van der Waals surface area contributed by atoms with Gasteiger partial charge >= 0.3 is 0 Å². The molecule has 1 N–H and O–H groups in total. The molecule has 2 heterocycles. The van der Waals surface area contributed by atoms with Gasteiger partial charge in [-0.15, -0.1) is 0 Å². The van der Waals surface area contributed by atoms with E-state index in [9.17, 15) is 4.79 Å². The topological polar surface area (TPSA) is 37.9 Å². The maximum absolute atomic E-state index is 12.6. The molecular weight excluding hydrogens is 382 g/mol. The van der Waals surface area contributed by atoms with Crippen molar-refractivity contribution in [2.24, 2.45) is 0 Å². The van der Waals surface area contributed by atoms with Crippen LogP contribution in [-0.4, -0.2) is 10.5 Å². The van der Waals surface area contributed by atoms with E-state index in [0.29, 0.717) is 6.54 Å². The second kappa shape index (κ2) is 9.75. The number of carbonyl (C=O) groups is 1. The molecule has 1 amide bonds. The van der Waals surface area contributed by atoms with Crippen molar-refractivity contribution in [2.45, 2.75) is 52.1 Å². The number of nitrogens with zero attached hydrogens (tertiary/aromatic N) is 2. The van der Waals surface area contributed by atoms with E-state index in [1.165, 1.54) is 35.5 Å². The van der Waals surface area contributed by atoms with Crippen molar-refractivity contribution in [3.8, 4) is 11.3 Å². The van der Waals surface area contributed by atoms with Crippen molar-refractivity contribution in [3.63, 3.8) is 0 Å². The number of anilines is 1. The van der Waals surface area contributed by atoms with E-state index < -0.39 is 0 Å². The SMILES string of the molecule is CCCCc1ccc(NC(=O)C[n+]2cc(-c3ccccc3)n3c2CCC3)cc1.[Cl-]. The van der Waals surface area contributed by atoms with Crippen LogP contribution in [0.1, 0.15) is 37.6 Å². The molecule has 3 aromatic rings. The minimum absolute atomic E-state index is 0. The minimum Gasteiger partial charge on any atom is -1.00 e. The second-order valence-corrected chi connectivity index (χ2v) is 7.53. The monoisotopic (exact) mass is 409 g/mol. The number of rotatable bonds is 7. The van der Waals surface area contributed by atoms with Gasteiger partial charge in [0.15, 0.2) is 12.2 Å². The van der Waals surface area contributed by atoms with E-state index in [4.69, 9.17) is 0 Å². The van der Waals surface area contributed by atoms with Crippen LogP contribution in [0, 0.1) is 0 Å². The molecule has 0 radical (unpaired) electrons. The Kier molecular flexibility index (Phi) is 7.10. The number of hydrogen-bond donors (Lipinski definition) is 1. The van der Waals surface area contributed by atoms with Gasteiger partial charge in [-0.1, -0.05) is 55.8 Å². The maximum atomic E-state index is 12.6. The molecule has 29 heavy (non-hydrogen) atoms. The summed E-state index contributed by atoms with van der Waals surface area (Å²) in [6.07, 6.45) is 7.77. The molecule has 0 unspecified atom stereocenters. The standard InChI is InChI=1S/C24H27N3O.ClH/c1-2-3-8-19-12-14-21(15-13-19)25-23(28)18-26-17-22(20-9-5-4-6-10-20)27-16-7-11-24(26)27;/h4-6,9-10,12-15,17H,2-3,7-8,11,16,18H2,1H3;1H. The highest BCUT2D eigenvalue weighted by Crippen LogP contribution is 2.24. The van der Waals surface area contributed by atoms with Crippen LogP contribution in [0.15, 0.2) is 60.8 Å². The normalized spacial score (nSPS) is 12.3. The van der Waals surface area contributed by atoms with Crippen LogP contribution in [0.25, 0.3) is 11.3 Å². The molecule has 0 saturated heterocycles. The number of unbranched alkanes of at least 4 members (excludes halogenated alkanes) is 1. The fourth-order valence-electron chi connectivity index (χ4n) is 3.98. The van der Waals surface area contributed by atoms with E-state index >= 15 is 0 Å². The summed E-state index contributed by atoms with van der Waals surface area (Å²) in [6.45, 7) is 3.57. The molecular formula is C24H28ClN3O. The van der Waals surface area contributed by atoms with Gasteiger partial charge in [-0.05, 0) is 37.0 Å². The van der Waals surface area contributed by atoms with Crippen LogP contribution >= 0.6 is 0 Å². The van der Waals surface area contributed by atoms with E-state index in [1.54, 1.807) is 0 Å². The van der Waals surface area contributed by atoms with Crippen molar-refractivity contribution in [2.75, 3.05) is 5.32 Å². The first kappa shape index (κ1) is 21.1. The quantitative estimate of drug-likeness (QED) is 0.588. The molecule has 0 saturated carbocycles. The molecule has 1 aliphatic rings. The first-order chi connectivity index (χ1) is 13.7. The largest absolute Gasteiger partial charge is 1.00 e. The Labute approximate surface area is 179 Å². The summed E-state index contributed by atoms with van der Waals surface area (Å²) < 4.78 is 4.46. The van der Waals surface area contributed by atoms with Gasteiger partial charge in [0.25, 0.3) is 11.7 Å². The van der Waals surface area contributed by atoms with Crippen molar-refractivity contribution < 1.29 is 21.8 Å². The smallest absolute Gasteiger partial charge is 0.266 e. The molecule has 4 rings (SSSR count). The summed E-state index contributed by atoms with van der Waals surface area (Å²) in [5.41, 5.74) is 4.59. The van der Waals surface area contributed by atoms with E-state index in [-0.39, 0.29) is 18.3 Å². The lowest BCUT2D eigenvalue weighted by atomic mass is 10.1. The third-order valence-electron chi connectivity index (χ3n) is 5.43. The summed E-state index contributed by atoms with van der Waals surface area (Å²) >= 11 is 0. The molecule has 2 aromatic carbocycles. The number of nitrogens with one attached hydrogen (secondary N) is 1. The zero-order valence-electron chi connectivity index (χ0n) is 16.9. The number of amides is 1. The zero-order chi connectivity index (χ0) is 19.3. The summed E-state index contributed by atoms with van der Waals surface area (Å²) in [5.74, 6) is 1.26. The predicted octanol–water partition coefficient (Wildman–Crippen LogP) is 1.37. The third-order valence-corrected chi connectivity index (χ3v) is 5.43. The zero-order valence-corrected chi connectivity index (χ0v) is 17.7. The predicted molar refractivity (Wildman–Crippen MR) is 112 cm³/mol. The molecule has 0 fully saturated rings. The van der Waals surface area contributed by atoms with E-state index in [2.05, 4.69) is 64.0 Å². The molecule has 152 valence electrons. The van der Waals surface area contributed by atoms with Gasteiger partial charge in [0.1, 0.15) is 6.20 Å². The minimum atomic E-state index is 0. The van der Waals surface area contributed by atoms with Crippen LogP contribution in [0.5, 0.6) is 0 Å². The van der Waals surface area contributed by atoms with Crippen molar-refractivity contribution in [3.05, 3.63) is 72.2 Å². The second-order valence-electron chi connectivity index (χ2n) is 7.53. The number of halogens is 1. The first-order valence-corrected chi connectivity index (χ1v) is 10.3. The van der Waals surface area contributed by atoms with Gasteiger partial charge in [-0.3, -0.25) is 4.79 Å². The Morgan fingerprint density at radius 3 is 2.59 bits per heavy atom. The molecule has 0 atom stereocenters. The summed E-state index contributed by atoms with van der Waals surface area (Å²) in [7, 11) is 0. The number of fused-ring (bicyclic) bond motifs is 1. The highest BCUT2D eigenvalue weighted by Gasteiger charge is 2.29. The van der Waals surface area contributed by atoms with Crippen LogP contribution in [0.3, 0.4) is 0 Å². The van der Waals surface area contributed by atoms with Crippen LogP contribution in [0.4, 0.5) is 5.69 Å². The Bertz CT molecular complexity index is 948. The Morgan fingerprint density at radius 2 is 1.86 bits per heavy atom. The molecule has 0 aliphatic carbocycles. The van der Waals surface area contributed by atoms with Gasteiger partial charge in [-0.2, -0.15) is 0 Å². The molecule has 4 nitrogen and oxygen atoms in total. The molecule has 0 spiro atoms. The molecule has 1 aliphatic heterocycles. The number of benzene rings is 2. The fourth-order valence-corrected chi connectivity index (χ4v) is 3.98. The molecule has 0 bridgehead atoms. The average Bonchev–Trinajstić information content (AvgIpc) is 3.32. The summed E-state index contributed by atoms with van der Waals surface area (Å²) in [6, 6.07) is 18.7. The van der Waals surface area contributed by atoms with E-state index in [0.717, 1.165) is 31.5 Å². The third kappa shape index (κ3) is 4.88. The number of imidazole rings is 1. The number of carbonyl (C=O) groups excluding carboxylic acids is 1. The van der Waals surface area contributed by atoms with Gasteiger partial charge in [0.2, 0.25) is 0 Å². The van der Waals surface area contributed by atoms with Crippen LogP contribution in [-0.2, 0) is 30.7 Å². The lowest BCUT2D eigenvalue weighted by Crippen LogP contribution is -3.00. The van der Waals surface area contributed by atoms with Crippen molar-refractivity contribution in [1.29, 1.82) is 0 Å². The fraction of sp³-hybridized carbons (Fsp3) is 0.333. The average molecular weight is 410 g/mol. The van der Waals surface area contributed by atoms with Gasteiger partial charge < -0.3 is 17.7 Å². The Hall–Kier alpha value is -2.59. The van der Waals surface area contributed by atoms with Crippen molar-refractivity contribution in [1.82, 2.24) is 4.57 Å². The summed E-state index contributed by atoms with van der Waals surface area (Å²) in [5, 5.41) is 3.04. The number of aromatic nitrogens is 2. The van der Waals surface area contributed by atoms with Crippen molar-refractivity contribution >= 4 is 11.6 Å². The van der Waals surface area contributed by atoms with Crippen LogP contribution in [0.2, 0.25) is 0 Å². The lowest BCUT2D eigenvalue weighted by Gasteiger charge is -2.06. The van der Waals surface area contributed by atoms with Gasteiger partial charge in [-0.25, -0.2) is 9.13 Å². The summed E-state index contributed by atoms with van der Waals surface area (Å²) in [4.78, 5) is 12.6. The van der Waals surface area contributed by atoms with Gasteiger partial charge in [0, 0.05) is 11.3 Å². The van der Waals surface area contributed by atoms with Crippen LogP contribution < -0.4 is 22.3 Å². The molecule has 5 heteroatoms. The number of aryl methyl sites for hydroxylation is 1. The maximum Gasteiger partial charge on any atom is 0.266 e. The van der Waals surface area contributed by atoms with Gasteiger partial charge in [0.05, 0.1) is 13.0 Å². The first-order valence-electron chi connectivity index (χ1n) is 10.3. The Balaban J connectivity index is 0.00000240. The highest BCUT2D eigenvalue weighted by atomic mass is 35.5. The molecule has 1 aromatic heterocycles. The van der Waals surface area contributed by atoms with E-state index in [1.807, 2.05) is 18.2 Å². The lowest BCUT2D eigenvalue weighted by molar-refractivity contribution is -0.690.